The Hall–Kier alpha value is -2.11. The molecule has 0 saturated heterocycles. The number of para-hydroxylation sites is 2. The second-order valence-electron chi connectivity index (χ2n) is 5.45. The van der Waals surface area contributed by atoms with Gasteiger partial charge in [-0.15, -0.1) is 0 Å². The molecule has 0 aliphatic rings. The number of rotatable bonds is 11. The zero-order chi connectivity index (χ0) is 18.8. The average molecular weight is 380 g/mol. The summed E-state index contributed by atoms with van der Waals surface area (Å²) in [6, 6.07) is 11.3. The standard InChI is InChI=1S/C20H26ClNO4/c1-3-23-17-7-5-6-8-18(17)25-11-12-26-20-16(21)13-15(9-10-22)14-19(20)24-4-2/h5-8,13-14H,3-4,9-12,22H2,1-2H3. The molecule has 6 heteroatoms. The molecule has 0 atom stereocenters. The van der Waals surface area contributed by atoms with E-state index >= 15 is 0 Å². The molecule has 0 amide bonds. The Bertz CT molecular complexity index is 694. The Morgan fingerprint density at radius 3 is 2.12 bits per heavy atom. The van der Waals surface area contributed by atoms with Gasteiger partial charge in [-0.2, -0.15) is 0 Å². The van der Waals surface area contributed by atoms with Crippen LogP contribution < -0.4 is 24.7 Å². The summed E-state index contributed by atoms with van der Waals surface area (Å²) in [6.07, 6.45) is 0.734. The third-order valence-electron chi connectivity index (χ3n) is 3.54. The third kappa shape index (κ3) is 5.71. The van der Waals surface area contributed by atoms with E-state index in [0.29, 0.717) is 61.0 Å². The van der Waals surface area contributed by atoms with Crippen LogP contribution in [0.15, 0.2) is 36.4 Å². The van der Waals surface area contributed by atoms with Crippen molar-refractivity contribution in [3.63, 3.8) is 0 Å². The van der Waals surface area contributed by atoms with Crippen LogP contribution in [0.3, 0.4) is 0 Å². The molecule has 142 valence electrons. The Balaban J connectivity index is 1.99. The number of halogens is 1. The molecule has 0 aliphatic carbocycles. The number of hydrogen-bond acceptors (Lipinski definition) is 5. The molecular weight excluding hydrogens is 354 g/mol. The van der Waals surface area contributed by atoms with Crippen LogP contribution >= 0.6 is 11.6 Å². The summed E-state index contributed by atoms with van der Waals surface area (Å²) in [5.74, 6) is 2.55. The van der Waals surface area contributed by atoms with Gasteiger partial charge in [-0.3, -0.25) is 0 Å². The second-order valence-corrected chi connectivity index (χ2v) is 5.86. The van der Waals surface area contributed by atoms with Crippen molar-refractivity contribution in [2.75, 3.05) is 33.0 Å². The fraction of sp³-hybridized carbons (Fsp3) is 0.400. The van der Waals surface area contributed by atoms with Crippen molar-refractivity contribution in [2.24, 2.45) is 5.73 Å². The molecule has 26 heavy (non-hydrogen) atoms. The smallest absolute Gasteiger partial charge is 0.179 e. The SMILES string of the molecule is CCOc1ccccc1OCCOc1c(Cl)cc(CCN)cc1OCC. The van der Waals surface area contributed by atoms with Crippen LogP contribution in [0.5, 0.6) is 23.0 Å². The predicted octanol–water partition coefficient (Wildman–Crippen LogP) is 4.10. The highest BCUT2D eigenvalue weighted by atomic mass is 35.5. The van der Waals surface area contributed by atoms with E-state index in [-0.39, 0.29) is 0 Å². The van der Waals surface area contributed by atoms with Crippen LogP contribution in [0.1, 0.15) is 19.4 Å². The molecule has 2 aromatic carbocycles. The lowest BCUT2D eigenvalue weighted by Crippen LogP contribution is -2.11. The first-order valence-corrected chi connectivity index (χ1v) is 9.20. The van der Waals surface area contributed by atoms with Crippen LogP contribution in [-0.4, -0.2) is 33.0 Å². The monoisotopic (exact) mass is 379 g/mol. The number of nitrogens with two attached hydrogens (primary N) is 1. The van der Waals surface area contributed by atoms with Gasteiger partial charge in [0, 0.05) is 0 Å². The summed E-state index contributed by atoms with van der Waals surface area (Å²) in [6.45, 7) is 6.20. The molecule has 0 saturated carbocycles. The van der Waals surface area contributed by atoms with Crippen LogP contribution in [0, 0.1) is 0 Å². The molecule has 5 nitrogen and oxygen atoms in total. The normalized spacial score (nSPS) is 10.5. The Morgan fingerprint density at radius 1 is 0.846 bits per heavy atom. The molecule has 0 bridgehead atoms. The Labute approximate surface area is 160 Å². The van der Waals surface area contributed by atoms with Gasteiger partial charge in [0.1, 0.15) is 13.2 Å². The number of benzene rings is 2. The maximum atomic E-state index is 6.36. The van der Waals surface area contributed by atoms with Crippen LogP contribution in [0.2, 0.25) is 5.02 Å². The van der Waals surface area contributed by atoms with Gasteiger partial charge >= 0.3 is 0 Å². The summed E-state index contributed by atoms with van der Waals surface area (Å²) in [7, 11) is 0. The van der Waals surface area contributed by atoms with E-state index in [0.717, 1.165) is 12.0 Å². The van der Waals surface area contributed by atoms with Gasteiger partial charge in [-0.25, -0.2) is 0 Å². The summed E-state index contributed by atoms with van der Waals surface area (Å²) in [4.78, 5) is 0. The van der Waals surface area contributed by atoms with E-state index < -0.39 is 0 Å². The zero-order valence-electron chi connectivity index (χ0n) is 15.3. The van der Waals surface area contributed by atoms with Gasteiger partial charge in [0.15, 0.2) is 23.0 Å². The zero-order valence-corrected chi connectivity index (χ0v) is 16.1. The quantitative estimate of drug-likeness (QED) is 0.595. The van der Waals surface area contributed by atoms with Crippen LogP contribution in [0.4, 0.5) is 0 Å². The molecule has 0 fully saturated rings. The largest absolute Gasteiger partial charge is 0.490 e. The van der Waals surface area contributed by atoms with Gasteiger partial charge in [0.25, 0.3) is 0 Å². The van der Waals surface area contributed by atoms with Crippen LogP contribution in [0.25, 0.3) is 0 Å². The summed E-state index contributed by atoms with van der Waals surface area (Å²) >= 11 is 6.36. The van der Waals surface area contributed by atoms with Gasteiger partial charge in [-0.1, -0.05) is 23.7 Å². The lowest BCUT2D eigenvalue weighted by atomic mass is 10.1. The maximum absolute atomic E-state index is 6.36. The van der Waals surface area contributed by atoms with Crippen molar-refractivity contribution in [3.8, 4) is 23.0 Å². The minimum Gasteiger partial charge on any atom is -0.490 e. The first-order chi connectivity index (χ1) is 12.7. The molecule has 2 N–H and O–H groups in total. The molecule has 2 rings (SSSR count). The molecule has 2 aromatic rings. The van der Waals surface area contributed by atoms with Crippen molar-refractivity contribution in [1.82, 2.24) is 0 Å². The van der Waals surface area contributed by atoms with E-state index in [2.05, 4.69) is 0 Å². The second kappa shape index (κ2) is 10.8. The molecule has 0 unspecified atom stereocenters. The fourth-order valence-electron chi connectivity index (χ4n) is 2.47. The van der Waals surface area contributed by atoms with Gasteiger partial charge in [0.2, 0.25) is 0 Å². The van der Waals surface area contributed by atoms with E-state index in [4.69, 9.17) is 36.3 Å². The van der Waals surface area contributed by atoms with E-state index in [1.807, 2.05) is 50.2 Å². The fourth-order valence-corrected chi connectivity index (χ4v) is 2.76. The minimum absolute atomic E-state index is 0.330. The predicted molar refractivity (Wildman–Crippen MR) is 104 cm³/mol. The molecule has 0 spiro atoms. The van der Waals surface area contributed by atoms with Crippen molar-refractivity contribution in [1.29, 1.82) is 0 Å². The summed E-state index contributed by atoms with van der Waals surface area (Å²) in [5, 5.41) is 0.508. The van der Waals surface area contributed by atoms with Crippen molar-refractivity contribution in [2.45, 2.75) is 20.3 Å². The lowest BCUT2D eigenvalue weighted by Gasteiger charge is -2.16. The van der Waals surface area contributed by atoms with Crippen molar-refractivity contribution in [3.05, 3.63) is 47.0 Å². The molecule has 0 aromatic heterocycles. The topological polar surface area (TPSA) is 62.9 Å². The van der Waals surface area contributed by atoms with E-state index in [9.17, 15) is 0 Å². The highest BCUT2D eigenvalue weighted by molar-refractivity contribution is 6.32. The van der Waals surface area contributed by atoms with Gasteiger partial charge < -0.3 is 24.7 Å². The third-order valence-corrected chi connectivity index (χ3v) is 3.82. The first kappa shape index (κ1) is 20.2. The Kier molecular flexibility index (Phi) is 8.38. The number of ether oxygens (including phenoxy) is 4. The van der Waals surface area contributed by atoms with Crippen molar-refractivity contribution < 1.29 is 18.9 Å². The molecule has 0 heterocycles. The van der Waals surface area contributed by atoms with Crippen LogP contribution in [-0.2, 0) is 6.42 Å². The van der Waals surface area contributed by atoms with Gasteiger partial charge in [-0.05, 0) is 56.6 Å². The molecular formula is C20H26ClNO4. The molecule has 0 aliphatic heterocycles. The number of hydrogen-bond donors (Lipinski definition) is 1. The lowest BCUT2D eigenvalue weighted by molar-refractivity contribution is 0.201. The first-order valence-electron chi connectivity index (χ1n) is 8.82. The average Bonchev–Trinajstić information content (AvgIpc) is 2.62. The maximum Gasteiger partial charge on any atom is 0.179 e. The van der Waals surface area contributed by atoms with E-state index in [1.54, 1.807) is 0 Å². The summed E-state index contributed by atoms with van der Waals surface area (Å²) in [5.41, 5.74) is 6.64. The van der Waals surface area contributed by atoms with E-state index in [1.165, 1.54) is 0 Å². The van der Waals surface area contributed by atoms with Gasteiger partial charge in [0.05, 0.1) is 18.2 Å². The highest BCUT2D eigenvalue weighted by Gasteiger charge is 2.13. The molecule has 0 radical (unpaired) electrons. The minimum atomic E-state index is 0.330. The van der Waals surface area contributed by atoms with Crippen molar-refractivity contribution >= 4 is 11.6 Å². The highest BCUT2D eigenvalue weighted by Crippen LogP contribution is 2.37. The Morgan fingerprint density at radius 2 is 1.46 bits per heavy atom. The summed E-state index contributed by atoms with van der Waals surface area (Å²) < 4.78 is 22.8.